The predicted molar refractivity (Wildman–Crippen MR) is 158 cm³/mol. The molecule has 4 nitrogen and oxygen atoms in total. The Hall–Kier alpha value is -2.62. The highest BCUT2D eigenvalue weighted by Gasteiger charge is 2.36. The van der Waals surface area contributed by atoms with Gasteiger partial charge in [-0.25, -0.2) is 0 Å². The molecule has 2 saturated carbocycles. The Labute approximate surface area is 229 Å². The summed E-state index contributed by atoms with van der Waals surface area (Å²) in [6, 6.07) is 10.4. The Morgan fingerprint density at radius 1 is 0.789 bits per heavy atom. The van der Waals surface area contributed by atoms with E-state index in [1.54, 1.807) is 0 Å². The molecule has 2 fully saturated rings. The Bertz CT molecular complexity index is 1140. The summed E-state index contributed by atoms with van der Waals surface area (Å²) in [5.74, 6) is 0.567. The molecule has 2 aromatic rings. The highest BCUT2D eigenvalue weighted by molar-refractivity contribution is 6.32. The molecule has 38 heavy (non-hydrogen) atoms. The van der Waals surface area contributed by atoms with Crippen LogP contribution >= 0.6 is 0 Å². The van der Waals surface area contributed by atoms with E-state index >= 15 is 0 Å². The molecule has 1 atom stereocenters. The van der Waals surface area contributed by atoms with Crippen LogP contribution in [0.4, 0.5) is 11.4 Å². The molecule has 0 saturated heterocycles. The second-order valence-electron chi connectivity index (χ2n) is 12.0. The molecule has 5 rings (SSSR count). The Kier molecular flexibility index (Phi) is 8.86. The van der Waals surface area contributed by atoms with Crippen molar-refractivity contribution in [1.82, 2.24) is 0 Å². The first-order valence-corrected chi connectivity index (χ1v) is 15.5. The number of nitrogens with one attached hydrogen (secondary N) is 2. The van der Waals surface area contributed by atoms with Gasteiger partial charge in [-0.2, -0.15) is 0 Å². The highest BCUT2D eigenvalue weighted by atomic mass is 16.1. The van der Waals surface area contributed by atoms with Crippen molar-refractivity contribution in [2.24, 2.45) is 5.92 Å². The van der Waals surface area contributed by atoms with Crippen molar-refractivity contribution >= 4 is 22.9 Å². The monoisotopic (exact) mass is 514 g/mol. The third kappa shape index (κ3) is 5.70. The first kappa shape index (κ1) is 27.0. The lowest BCUT2D eigenvalue weighted by atomic mass is 9.79. The third-order valence-electron chi connectivity index (χ3n) is 9.25. The number of anilines is 2. The third-order valence-corrected chi connectivity index (χ3v) is 9.25. The van der Waals surface area contributed by atoms with Crippen LogP contribution in [-0.4, -0.2) is 23.7 Å². The lowest BCUT2D eigenvalue weighted by molar-refractivity contribution is 0.0980. The van der Waals surface area contributed by atoms with Crippen molar-refractivity contribution in [1.29, 1.82) is 0 Å². The summed E-state index contributed by atoms with van der Waals surface area (Å²) in [7, 11) is 0. The molecule has 0 aromatic heterocycles. The number of fused-ring (bicyclic) bond motifs is 2. The van der Waals surface area contributed by atoms with Gasteiger partial charge in [-0.15, -0.1) is 0 Å². The zero-order chi connectivity index (χ0) is 26.5. The predicted octanol–water partition coefficient (Wildman–Crippen LogP) is 8.71. The summed E-state index contributed by atoms with van der Waals surface area (Å²) < 4.78 is 0. The van der Waals surface area contributed by atoms with Crippen molar-refractivity contribution in [3.8, 4) is 0 Å². The molecule has 3 aliphatic carbocycles. The van der Waals surface area contributed by atoms with Crippen LogP contribution < -0.4 is 10.6 Å². The number of ketones is 2. The quantitative estimate of drug-likeness (QED) is 0.284. The fourth-order valence-electron chi connectivity index (χ4n) is 6.96. The van der Waals surface area contributed by atoms with Crippen LogP contribution in [0.3, 0.4) is 0 Å². The molecule has 0 bridgehead atoms. The number of benzene rings is 2. The summed E-state index contributed by atoms with van der Waals surface area (Å²) >= 11 is 0. The number of unbranched alkanes of at least 4 members (excludes halogenated alkanes) is 1. The number of rotatable bonds is 10. The van der Waals surface area contributed by atoms with Crippen LogP contribution in [0.5, 0.6) is 0 Å². The molecule has 204 valence electrons. The van der Waals surface area contributed by atoms with Crippen molar-refractivity contribution in [2.45, 2.75) is 122 Å². The maximum absolute atomic E-state index is 14.2. The highest BCUT2D eigenvalue weighted by Crippen LogP contribution is 2.42. The van der Waals surface area contributed by atoms with E-state index in [4.69, 9.17) is 0 Å². The topological polar surface area (TPSA) is 58.2 Å². The molecule has 0 heterocycles. The van der Waals surface area contributed by atoms with Gasteiger partial charge in [-0.3, -0.25) is 9.59 Å². The molecule has 0 amide bonds. The van der Waals surface area contributed by atoms with Gasteiger partial charge in [0, 0.05) is 34.6 Å². The smallest absolute Gasteiger partial charge is 0.196 e. The van der Waals surface area contributed by atoms with Crippen LogP contribution in [0.1, 0.15) is 141 Å². The minimum Gasteiger partial charge on any atom is -0.382 e. The molecule has 4 heteroatoms. The first-order chi connectivity index (χ1) is 18.6. The number of carbonyl (C=O) groups excluding carboxylic acids is 2. The fourth-order valence-corrected chi connectivity index (χ4v) is 6.96. The van der Waals surface area contributed by atoms with E-state index in [0.717, 1.165) is 49.9 Å². The van der Waals surface area contributed by atoms with E-state index in [1.165, 1.54) is 63.4 Å². The minimum atomic E-state index is -0.00946. The van der Waals surface area contributed by atoms with Crippen molar-refractivity contribution in [3.63, 3.8) is 0 Å². The largest absolute Gasteiger partial charge is 0.382 e. The lowest BCUT2D eigenvalue weighted by Crippen LogP contribution is -2.30. The standard InChI is InChI=1S/C34H46N2O2/c1-3-5-14-23(4-2)21-24-22-29(35-25-15-8-6-9-16-25)30-31(32(24)36-26-17-10-7-11-18-26)34(38)28-20-13-12-19-27(28)33(30)37/h12-13,19-20,22-23,25-26,35-36H,3-11,14-18,21H2,1-2H3. The second-order valence-corrected chi connectivity index (χ2v) is 12.0. The SMILES string of the molecule is CCCCC(CC)Cc1cc(NC2CCCCC2)c2c(c1NC1CCCCC1)C(=O)c1ccccc1C2=O. The first-order valence-electron chi connectivity index (χ1n) is 15.5. The van der Waals surface area contributed by atoms with E-state index in [2.05, 4.69) is 30.5 Å². The van der Waals surface area contributed by atoms with E-state index in [9.17, 15) is 9.59 Å². The average Bonchev–Trinajstić information content (AvgIpc) is 2.96. The van der Waals surface area contributed by atoms with Gasteiger partial charge in [-0.05, 0) is 49.7 Å². The van der Waals surface area contributed by atoms with E-state index in [-0.39, 0.29) is 11.6 Å². The minimum absolute atomic E-state index is 0.00339. The van der Waals surface area contributed by atoms with Crippen LogP contribution in [0.2, 0.25) is 0 Å². The molecular formula is C34H46N2O2. The normalized spacial score (nSPS) is 19.1. The number of carbonyl (C=O) groups is 2. The summed E-state index contributed by atoms with van der Waals surface area (Å²) in [6.07, 6.45) is 17.7. The zero-order valence-corrected chi connectivity index (χ0v) is 23.5. The van der Waals surface area contributed by atoms with Crippen molar-refractivity contribution < 1.29 is 9.59 Å². The van der Waals surface area contributed by atoms with Crippen LogP contribution in [0.15, 0.2) is 30.3 Å². The molecule has 2 N–H and O–H groups in total. The molecule has 1 unspecified atom stereocenters. The van der Waals surface area contributed by atoms with Crippen LogP contribution in [0.25, 0.3) is 0 Å². The molecule has 2 aromatic carbocycles. The molecule has 0 spiro atoms. The van der Waals surface area contributed by atoms with Crippen LogP contribution in [-0.2, 0) is 6.42 Å². The summed E-state index contributed by atoms with van der Waals surface area (Å²) in [5.41, 5.74) is 5.37. The molecular weight excluding hydrogens is 468 g/mol. The van der Waals surface area contributed by atoms with E-state index in [1.807, 2.05) is 24.3 Å². The maximum atomic E-state index is 14.2. The van der Waals surface area contributed by atoms with Gasteiger partial charge < -0.3 is 10.6 Å². The number of hydrogen-bond donors (Lipinski definition) is 2. The lowest BCUT2D eigenvalue weighted by Gasteiger charge is -2.32. The Morgan fingerprint density at radius 3 is 1.95 bits per heavy atom. The fraction of sp³-hybridized carbons (Fsp3) is 0.588. The summed E-state index contributed by atoms with van der Waals surface area (Å²) in [5, 5.41) is 7.67. The Morgan fingerprint density at radius 2 is 1.37 bits per heavy atom. The van der Waals surface area contributed by atoms with Gasteiger partial charge in [0.1, 0.15) is 0 Å². The maximum Gasteiger partial charge on any atom is 0.196 e. The summed E-state index contributed by atoms with van der Waals surface area (Å²) in [6.45, 7) is 4.55. The second kappa shape index (κ2) is 12.5. The van der Waals surface area contributed by atoms with E-state index in [0.29, 0.717) is 40.3 Å². The average molecular weight is 515 g/mol. The number of hydrogen-bond acceptors (Lipinski definition) is 4. The summed E-state index contributed by atoms with van der Waals surface area (Å²) in [4.78, 5) is 28.3. The molecule has 0 aliphatic heterocycles. The van der Waals surface area contributed by atoms with Gasteiger partial charge in [0.25, 0.3) is 0 Å². The van der Waals surface area contributed by atoms with Gasteiger partial charge in [0.05, 0.1) is 11.1 Å². The van der Waals surface area contributed by atoms with Gasteiger partial charge >= 0.3 is 0 Å². The van der Waals surface area contributed by atoms with Gasteiger partial charge in [-0.1, -0.05) is 102 Å². The van der Waals surface area contributed by atoms with Crippen LogP contribution in [0, 0.1) is 5.92 Å². The van der Waals surface area contributed by atoms with Crippen molar-refractivity contribution in [3.05, 3.63) is 58.1 Å². The molecule has 3 aliphatic rings. The van der Waals surface area contributed by atoms with Crippen molar-refractivity contribution in [2.75, 3.05) is 10.6 Å². The molecule has 0 radical (unpaired) electrons. The van der Waals surface area contributed by atoms with Gasteiger partial charge in [0.2, 0.25) is 0 Å². The zero-order valence-electron chi connectivity index (χ0n) is 23.5. The van der Waals surface area contributed by atoms with E-state index < -0.39 is 0 Å². The van der Waals surface area contributed by atoms with Gasteiger partial charge in [0.15, 0.2) is 11.6 Å². The Balaban J connectivity index is 1.65.